The molecule has 0 aliphatic heterocycles. The average molecular weight is 362 g/mol. The number of hydroxylamine groups is 1. The van der Waals surface area contributed by atoms with Crippen LogP contribution in [-0.2, 0) is 16.6 Å². The molecular weight excluding hydrogens is 348 g/mol. The molecule has 0 saturated heterocycles. The van der Waals surface area contributed by atoms with Gasteiger partial charge in [-0.3, -0.25) is 10.0 Å². The number of hydrogen-bond acceptors (Lipinski definition) is 5. The van der Waals surface area contributed by atoms with E-state index in [1.165, 1.54) is 23.5 Å². The van der Waals surface area contributed by atoms with E-state index in [1.807, 2.05) is 12.1 Å². The summed E-state index contributed by atoms with van der Waals surface area (Å²) >= 11 is 1.22. The molecule has 8 heteroatoms. The first kappa shape index (κ1) is 16.6. The number of rotatable bonds is 5. The van der Waals surface area contributed by atoms with Crippen molar-refractivity contribution >= 4 is 37.4 Å². The second-order valence-electron chi connectivity index (χ2n) is 5.06. The Balaban J connectivity index is 1.79. The summed E-state index contributed by atoms with van der Waals surface area (Å²) in [5, 5.41) is 9.54. The van der Waals surface area contributed by atoms with Crippen LogP contribution in [0.5, 0.6) is 0 Å². The van der Waals surface area contributed by atoms with Gasteiger partial charge in [0.25, 0.3) is 5.91 Å². The summed E-state index contributed by atoms with van der Waals surface area (Å²) in [5.74, 6) is -0.567. The molecule has 3 N–H and O–H groups in total. The Bertz CT molecular complexity index is 982. The lowest BCUT2D eigenvalue weighted by Gasteiger charge is -2.06. The summed E-state index contributed by atoms with van der Waals surface area (Å²) < 4.78 is 27.8. The highest BCUT2D eigenvalue weighted by Gasteiger charge is 2.14. The lowest BCUT2D eigenvalue weighted by molar-refractivity contribution is 0.0711. The number of sulfonamides is 1. The van der Waals surface area contributed by atoms with Gasteiger partial charge in [0.05, 0.1) is 9.77 Å². The number of hydrogen-bond donors (Lipinski definition) is 3. The van der Waals surface area contributed by atoms with Crippen LogP contribution in [0.2, 0.25) is 0 Å². The van der Waals surface area contributed by atoms with E-state index in [0.29, 0.717) is 4.88 Å². The van der Waals surface area contributed by atoms with Gasteiger partial charge in [-0.2, -0.15) is 0 Å². The van der Waals surface area contributed by atoms with Crippen LogP contribution in [0.4, 0.5) is 0 Å². The van der Waals surface area contributed by atoms with Gasteiger partial charge in [0.1, 0.15) is 0 Å². The fraction of sp³-hybridized carbons (Fsp3) is 0.0625. The molecule has 1 amide bonds. The van der Waals surface area contributed by atoms with Gasteiger partial charge in [-0.15, -0.1) is 11.3 Å². The Labute approximate surface area is 142 Å². The molecule has 0 fully saturated rings. The van der Waals surface area contributed by atoms with Crippen molar-refractivity contribution in [2.75, 3.05) is 0 Å². The fourth-order valence-corrected chi connectivity index (χ4v) is 4.27. The quantitative estimate of drug-likeness (QED) is 0.480. The SMILES string of the molecule is O=C(NO)c1cc2ccc(CNS(=O)(=O)c3ccccc3)cc2s1. The Hall–Kier alpha value is -2.26. The highest BCUT2D eigenvalue weighted by atomic mass is 32.2. The van der Waals surface area contributed by atoms with E-state index in [9.17, 15) is 13.2 Å². The standard InChI is InChI=1S/C16H14N2O4S2/c19-16(18-20)15-9-12-7-6-11(8-14(12)23-15)10-17-24(21,22)13-4-2-1-3-5-13/h1-9,17,20H,10H2,(H,18,19). The summed E-state index contributed by atoms with van der Waals surface area (Å²) in [7, 11) is -3.57. The van der Waals surface area contributed by atoms with Crippen molar-refractivity contribution in [2.45, 2.75) is 11.4 Å². The molecule has 0 bridgehead atoms. The van der Waals surface area contributed by atoms with Crippen molar-refractivity contribution in [1.29, 1.82) is 0 Å². The minimum Gasteiger partial charge on any atom is -0.288 e. The van der Waals surface area contributed by atoms with E-state index in [-0.39, 0.29) is 11.4 Å². The highest BCUT2D eigenvalue weighted by molar-refractivity contribution is 7.89. The van der Waals surface area contributed by atoms with Gasteiger partial charge >= 0.3 is 0 Å². The van der Waals surface area contributed by atoms with E-state index in [1.54, 1.807) is 35.8 Å². The lowest BCUT2D eigenvalue weighted by atomic mass is 10.2. The van der Waals surface area contributed by atoms with Gasteiger partial charge in [-0.05, 0) is 35.2 Å². The number of carbonyl (C=O) groups is 1. The maximum Gasteiger partial charge on any atom is 0.284 e. The topological polar surface area (TPSA) is 95.5 Å². The van der Waals surface area contributed by atoms with Gasteiger partial charge in [0.15, 0.2) is 0 Å². The number of fused-ring (bicyclic) bond motifs is 1. The predicted octanol–water partition coefficient (Wildman–Crippen LogP) is 2.50. The second kappa shape index (κ2) is 6.70. The summed E-state index contributed by atoms with van der Waals surface area (Å²) in [6, 6.07) is 15.2. The number of amides is 1. The van der Waals surface area contributed by atoms with Gasteiger partial charge in [-0.25, -0.2) is 18.6 Å². The van der Waals surface area contributed by atoms with Crippen LogP contribution in [0.1, 0.15) is 15.2 Å². The molecule has 3 aromatic rings. The molecule has 6 nitrogen and oxygen atoms in total. The number of benzene rings is 2. The predicted molar refractivity (Wildman–Crippen MR) is 91.5 cm³/mol. The summed E-state index contributed by atoms with van der Waals surface area (Å²) in [4.78, 5) is 12.0. The van der Waals surface area contributed by atoms with Gasteiger partial charge in [-0.1, -0.05) is 30.3 Å². The highest BCUT2D eigenvalue weighted by Crippen LogP contribution is 2.26. The Kier molecular flexibility index (Phi) is 4.63. The van der Waals surface area contributed by atoms with Gasteiger partial charge < -0.3 is 0 Å². The minimum absolute atomic E-state index is 0.145. The van der Waals surface area contributed by atoms with E-state index in [4.69, 9.17) is 5.21 Å². The zero-order valence-corrected chi connectivity index (χ0v) is 14.0. The summed E-state index contributed by atoms with van der Waals surface area (Å²) in [5.41, 5.74) is 2.38. The zero-order chi connectivity index (χ0) is 17.2. The normalized spacial score (nSPS) is 11.5. The molecule has 0 aliphatic rings. The van der Waals surface area contributed by atoms with Crippen LogP contribution >= 0.6 is 11.3 Å². The molecule has 1 aromatic heterocycles. The Morgan fingerprint density at radius 3 is 2.54 bits per heavy atom. The van der Waals surface area contributed by atoms with Gasteiger partial charge in [0, 0.05) is 11.2 Å². The van der Waals surface area contributed by atoms with Crippen molar-refractivity contribution in [1.82, 2.24) is 10.2 Å². The van der Waals surface area contributed by atoms with Gasteiger partial charge in [0.2, 0.25) is 10.0 Å². The molecule has 0 unspecified atom stereocenters. The first-order valence-electron chi connectivity index (χ1n) is 7.01. The second-order valence-corrected chi connectivity index (χ2v) is 7.91. The van der Waals surface area contributed by atoms with Crippen molar-refractivity contribution in [3.63, 3.8) is 0 Å². The molecule has 124 valence electrons. The van der Waals surface area contributed by atoms with Crippen molar-refractivity contribution < 1.29 is 18.4 Å². The maximum atomic E-state index is 12.2. The molecule has 0 radical (unpaired) electrons. The Morgan fingerprint density at radius 2 is 1.83 bits per heavy atom. The van der Waals surface area contributed by atoms with Crippen molar-refractivity contribution in [2.24, 2.45) is 0 Å². The van der Waals surface area contributed by atoms with Crippen molar-refractivity contribution in [3.05, 3.63) is 65.0 Å². The molecule has 3 rings (SSSR count). The van der Waals surface area contributed by atoms with Crippen LogP contribution in [-0.4, -0.2) is 19.5 Å². The van der Waals surface area contributed by atoms with E-state index >= 15 is 0 Å². The fourth-order valence-electron chi connectivity index (χ4n) is 2.21. The molecule has 0 atom stereocenters. The largest absolute Gasteiger partial charge is 0.288 e. The first-order chi connectivity index (χ1) is 11.5. The number of nitrogens with one attached hydrogen (secondary N) is 2. The average Bonchev–Trinajstić information content (AvgIpc) is 3.03. The molecular formula is C16H14N2O4S2. The molecule has 2 aromatic carbocycles. The van der Waals surface area contributed by atoms with Crippen LogP contribution < -0.4 is 10.2 Å². The van der Waals surface area contributed by atoms with Crippen molar-refractivity contribution in [3.8, 4) is 0 Å². The molecule has 24 heavy (non-hydrogen) atoms. The Morgan fingerprint density at radius 1 is 1.08 bits per heavy atom. The number of carbonyl (C=O) groups excluding carboxylic acids is 1. The van der Waals surface area contributed by atoms with E-state index in [0.717, 1.165) is 15.6 Å². The zero-order valence-electron chi connectivity index (χ0n) is 12.4. The molecule has 0 saturated carbocycles. The maximum absolute atomic E-state index is 12.2. The lowest BCUT2D eigenvalue weighted by Crippen LogP contribution is -2.23. The third-order valence-electron chi connectivity index (χ3n) is 3.43. The molecule has 0 spiro atoms. The molecule has 1 heterocycles. The third kappa shape index (κ3) is 3.46. The molecule has 0 aliphatic carbocycles. The van der Waals surface area contributed by atoms with E-state index in [2.05, 4.69) is 4.72 Å². The third-order valence-corrected chi connectivity index (χ3v) is 5.94. The van der Waals surface area contributed by atoms with Crippen LogP contribution in [0.15, 0.2) is 59.5 Å². The first-order valence-corrected chi connectivity index (χ1v) is 9.31. The minimum atomic E-state index is -3.57. The van der Waals surface area contributed by atoms with Crippen LogP contribution in [0.3, 0.4) is 0 Å². The number of thiophene rings is 1. The van der Waals surface area contributed by atoms with E-state index < -0.39 is 15.9 Å². The summed E-state index contributed by atoms with van der Waals surface area (Å²) in [6.45, 7) is 0.145. The van der Waals surface area contributed by atoms with Crippen LogP contribution in [0.25, 0.3) is 10.1 Å². The smallest absolute Gasteiger partial charge is 0.284 e. The summed E-state index contributed by atoms with van der Waals surface area (Å²) in [6.07, 6.45) is 0. The monoisotopic (exact) mass is 362 g/mol. The van der Waals surface area contributed by atoms with Crippen LogP contribution in [0, 0.1) is 0 Å².